The van der Waals surface area contributed by atoms with Gasteiger partial charge < -0.3 is 9.52 Å². The highest BCUT2D eigenvalue weighted by Crippen LogP contribution is 2.33. The van der Waals surface area contributed by atoms with E-state index in [1.54, 1.807) is 36.4 Å². The zero-order valence-corrected chi connectivity index (χ0v) is 14.6. The zero-order chi connectivity index (χ0) is 18.0. The molecule has 1 aliphatic rings. The highest BCUT2D eigenvalue weighted by molar-refractivity contribution is 8.26. The highest BCUT2D eigenvalue weighted by atomic mass is 32.2. The number of furan rings is 1. The van der Waals surface area contributed by atoms with Crippen LogP contribution in [0.25, 0.3) is 17.4 Å². The summed E-state index contributed by atoms with van der Waals surface area (Å²) in [6.07, 6.45) is 3.25. The van der Waals surface area contributed by atoms with E-state index in [-0.39, 0.29) is 11.5 Å². The van der Waals surface area contributed by atoms with Crippen LogP contribution in [-0.4, -0.2) is 32.7 Å². The van der Waals surface area contributed by atoms with Crippen molar-refractivity contribution in [1.29, 1.82) is 0 Å². The molecule has 1 aromatic carbocycles. The van der Waals surface area contributed by atoms with Gasteiger partial charge in [-0.25, -0.2) is 4.79 Å². The van der Waals surface area contributed by atoms with Crippen molar-refractivity contribution in [3.63, 3.8) is 0 Å². The van der Waals surface area contributed by atoms with E-state index < -0.39 is 5.97 Å². The third-order valence-electron chi connectivity index (χ3n) is 3.48. The van der Waals surface area contributed by atoms with Gasteiger partial charge in [0.1, 0.15) is 15.8 Å². The van der Waals surface area contributed by atoms with E-state index in [1.165, 1.54) is 28.8 Å². The summed E-state index contributed by atoms with van der Waals surface area (Å²) < 4.78 is 6.21. The van der Waals surface area contributed by atoms with Gasteiger partial charge in [0.15, 0.2) is 0 Å². The number of carbonyl (C=O) groups is 2. The Morgan fingerprint density at radius 1 is 1.36 bits per heavy atom. The second kappa shape index (κ2) is 7.08. The summed E-state index contributed by atoms with van der Waals surface area (Å²) in [6.45, 7) is 3.98. The van der Waals surface area contributed by atoms with Crippen molar-refractivity contribution in [3.05, 3.63) is 65.3 Å². The fourth-order valence-electron chi connectivity index (χ4n) is 2.31. The number of carboxylic acids is 1. The highest BCUT2D eigenvalue weighted by Gasteiger charge is 2.31. The van der Waals surface area contributed by atoms with Crippen LogP contribution in [-0.2, 0) is 4.79 Å². The van der Waals surface area contributed by atoms with E-state index in [1.807, 2.05) is 0 Å². The van der Waals surface area contributed by atoms with E-state index in [2.05, 4.69) is 6.58 Å². The topological polar surface area (TPSA) is 70.8 Å². The Labute approximate surface area is 153 Å². The number of aromatic carboxylic acids is 1. The van der Waals surface area contributed by atoms with Crippen LogP contribution in [0.4, 0.5) is 0 Å². The maximum Gasteiger partial charge on any atom is 0.335 e. The molecule has 1 amide bonds. The van der Waals surface area contributed by atoms with Gasteiger partial charge in [-0.2, -0.15) is 0 Å². The van der Waals surface area contributed by atoms with Crippen molar-refractivity contribution in [2.75, 3.05) is 6.54 Å². The summed E-state index contributed by atoms with van der Waals surface area (Å²) in [5.41, 5.74) is 0.833. The van der Waals surface area contributed by atoms with E-state index in [4.69, 9.17) is 21.7 Å². The van der Waals surface area contributed by atoms with E-state index in [0.29, 0.717) is 32.9 Å². The van der Waals surface area contributed by atoms with E-state index >= 15 is 0 Å². The molecule has 1 N–H and O–H groups in total. The second-order valence-electron chi connectivity index (χ2n) is 5.17. The molecule has 0 atom stereocenters. The van der Waals surface area contributed by atoms with Crippen molar-refractivity contribution in [2.45, 2.75) is 0 Å². The number of amides is 1. The number of rotatable bonds is 5. The number of nitrogens with zero attached hydrogens (tertiary/aromatic N) is 1. The molecule has 1 aromatic heterocycles. The molecule has 7 heteroatoms. The molecule has 2 heterocycles. The summed E-state index contributed by atoms with van der Waals surface area (Å²) in [4.78, 5) is 25.3. The Morgan fingerprint density at radius 3 is 2.88 bits per heavy atom. The lowest BCUT2D eigenvalue weighted by Gasteiger charge is -2.10. The SMILES string of the molecule is C=CCN1C(=O)C(=Cc2ccc(-c3cccc(C(=O)O)c3)o2)SC1=S. The third-order valence-corrected chi connectivity index (χ3v) is 4.86. The molecule has 1 aliphatic heterocycles. The minimum atomic E-state index is -1.00. The van der Waals surface area contributed by atoms with Gasteiger partial charge in [0.05, 0.1) is 10.5 Å². The second-order valence-corrected chi connectivity index (χ2v) is 6.84. The van der Waals surface area contributed by atoms with Crippen LogP contribution >= 0.6 is 24.0 Å². The molecule has 0 aliphatic carbocycles. The molecule has 2 aromatic rings. The van der Waals surface area contributed by atoms with Gasteiger partial charge in [0, 0.05) is 18.2 Å². The van der Waals surface area contributed by atoms with Gasteiger partial charge >= 0.3 is 5.97 Å². The first-order valence-electron chi connectivity index (χ1n) is 7.29. The third kappa shape index (κ3) is 3.57. The molecular weight excluding hydrogens is 358 g/mol. The lowest BCUT2D eigenvalue weighted by Crippen LogP contribution is -2.27. The molecule has 3 rings (SSSR count). The molecule has 126 valence electrons. The largest absolute Gasteiger partial charge is 0.478 e. The standard InChI is InChI=1S/C18H13NO4S2/c1-2-8-19-16(20)15(25-18(19)24)10-13-6-7-14(23-13)11-4-3-5-12(9-11)17(21)22/h2-7,9-10H,1,8H2,(H,21,22). The Morgan fingerprint density at radius 2 is 2.16 bits per heavy atom. The number of hydrogen-bond donors (Lipinski definition) is 1. The summed E-state index contributed by atoms with van der Waals surface area (Å²) in [5, 5.41) is 9.07. The maximum absolute atomic E-state index is 12.3. The fourth-order valence-corrected chi connectivity index (χ4v) is 3.56. The van der Waals surface area contributed by atoms with E-state index in [9.17, 15) is 9.59 Å². The molecule has 0 radical (unpaired) electrons. The first-order valence-corrected chi connectivity index (χ1v) is 8.52. The maximum atomic E-state index is 12.3. The van der Waals surface area contributed by atoms with Crippen LogP contribution < -0.4 is 0 Å². The number of thiocarbonyl (C=S) groups is 1. The number of hydrogen-bond acceptors (Lipinski definition) is 5. The quantitative estimate of drug-likeness (QED) is 0.486. The van der Waals surface area contributed by atoms with Crippen molar-refractivity contribution in [3.8, 4) is 11.3 Å². The van der Waals surface area contributed by atoms with Gasteiger partial charge in [0.25, 0.3) is 5.91 Å². The number of carbonyl (C=O) groups excluding carboxylic acids is 1. The Bertz CT molecular complexity index is 913. The Balaban J connectivity index is 1.86. The predicted octanol–water partition coefficient (Wildman–Crippen LogP) is 4.03. The minimum absolute atomic E-state index is 0.180. The predicted molar refractivity (Wildman–Crippen MR) is 101 cm³/mol. The number of carboxylic acid groups (broad SMARTS) is 1. The molecule has 5 nitrogen and oxygen atoms in total. The molecule has 0 saturated carbocycles. The first kappa shape index (κ1) is 17.2. The molecular formula is C18H13NO4S2. The van der Waals surface area contributed by atoms with Crippen LogP contribution in [0.3, 0.4) is 0 Å². The van der Waals surface area contributed by atoms with Crippen molar-refractivity contribution >= 4 is 46.3 Å². The van der Waals surface area contributed by atoms with Crippen LogP contribution in [0, 0.1) is 0 Å². The Kier molecular flexibility index (Phi) is 4.87. The van der Waals surface area contributed by atoms with Gasteiger partial charge in [-0.1, -0.05) is 42.2 Å². The molecule has 1 saturated heterocycles. The Hall–Kier alpha value is -2.64. The van der Waals surface area contributed by atoms with Gasteiger partial charge in [-0.3, -0.25) is 9.69 Å². The summed E-state index contributed by atoms with van der Waals surface area (Å²) in [6, 6.07) is 9.93. The lowest BCUT2D eigenvalue weighted by molar-refractivity contribution is -0.121. The monoisotopic (exact) mass is 371 g/mol. The average Bonchev–Trinajstić information content (AvgIpc) is 3.16. The smallest absolute Gasteiger partial charge is 0.335 e. The van der Waals surface area contributed by atoms with Crippen LogP contribution in [0.5, 0.6) is 0 Å². The fraction of sp³-hybridized carbons (Fsp3) is 0.0556. The summed E-state index contributed by atoms with van der Waals surface area (Å²) >= 11 is 6.40. The molecule has 0 bridgehead atoms. The minimum Gasteiger partial charge on any atom is -0.478 e. The van der Waals surface area contributed by atoms with Crippen LogP contribution in [0.15, 0.2) is 58.4 Å². The van der Waals surface area contributed by atoms with Gasteiger partial charge in [0.2, 0.25) is 0 Å². The first-order chi connectivity index (χ1) is 12.0. The normalized spacial score (nSPS) is 15.8. The van der Waals surface area contributed by atoms with Crippen LogP contribution in [0.2, 0.25) is 0 Å². The van der Waals surface area contributed by atoms with Gasteiger partial charge in [-0.15, -0.1) is 6.58 Å². The average molecular weight is 371 g/mol. The zero-order valence-electron chi connectivity index (χ0n) is 13.0. The number of benzene rings is 1. The molecule has 0 spiro atoms. The van der Waals surface area contributed by atoms with Gasteiger partial charge in [-0.05, 0) is 24.3 Å². The lowest BCUT2D eigenvalue weighted by atomic mass is 10.1. The molecule has 25 heavy (non-hydrogen) atoms. The molecule has 0 unspecified atom stereocenters. The number of thioether (sulfide) groups is 1. The summed E-state index contributed by atoms with van der Waals surface area (Å²) in [5.74, 6) is -0.161. The molecule has 1 fully saturated rings. The van der Waals surface area contributed by atoms with Crippen LogP contribution in [0.1, 0.15) is 16.1 Å². The van der Waals surface area contributed by atoms with Crippen molar-refractivity contribution in [2.24, 2.45) is 0 Å². The van der Waals surface area contributed by atoms with Crippen molar-refractivity contribution < 1.29 is 19.1 Å². The van der Waals surface area contributed by atoms with E-state index in [0.717, 1.165) is 0 Å². The van der Waals surface area contributed by atoms with Crippen molar-refractivity contribution in [1.82, 2.24) is 4.90 Å². The summed E-state index contributed by atoms with van der Waals surface area (Å²) in [7, 11) is 0.